The standard InChI is InChI=1S/C15H26N4O/c1-11(2)6-16-7-13-8-17-15(18-9-13)19(3)10-12-4-14(20)5-12/h8-9,11-12,14,16,20H,4-7,10H2,1-3H3. The van der Waals surface area contributed by atoms with Gasteiger partial charge < -0.3 is 15.3 Å². The van der Waals surface area contributed by atoms with Gasteiger partial charge in [0.15, 0.2) is 0 Å². The number of aromatic nitrogens is 2. The third-order valence-electron chi connectivity index (χ3n) is 3.66. The second-order valence-electron chi connectivity index (χ2n) is 6.29. The molecule has 0 bridgehead atoms. The van der Waals surface area contributed by atoms with Crippen LogP contribution < -0.4 is 10.2 Å². The van der Waals surface area contributed by atoms with Crippen molar-refractivity contribution in [2.75, 3.05) is 25.0 Å². The summed E-state index contributed by atoms with van der Waals surface area (Å²) < 4.78 is 0. The lowest BCUT2D eigenvalue weighted by molar-refractivity contribution is 0.0463. The minimum Gasteiger partial charge on any atom is -0.393 e. The van der Waals surface area contributed by atoms with Crippen molar-refractivity contribution in [2.45, 2.75) is 39.3 Å². The Morgan fingerprint density at radius 1 is 1.35 bits per heavy atom. The summed E-state index contributed by atoms with van der Waals surface area (Å²) >= 11 is 0. The molecule has 1 aromatic heterocycles. The van der Waals surface area contributed by atoms with E-state index in [9.17, 15) is 5.11 Å². The molecule has 1 heterocycles. The van der Waals surface area contributed by atoms with Gasteiger partial charge in [0.1, 0.15) is 0 Å². The van der Waals surface area contributed by atoms with Crippen molar-refractivity contribution in [3.05, 3.63) is 18.0 Å². The van der Waals surface area contributed by atoms with Crippen molar-refractivity contribution in [3.63, 3.8) is 0 Å². The summed E-state index contributed by atoms with van der Waals surface area (Å²) in [4.78, 5) is 10.9. The summed E-state index contributed by atoms with van der Waals surface area (Å²) in [7, 11) is 2.01. The first kappa shape index (κ1) is 15.2. The molecule has 20 heavy (non-hydrogen) atoms. The molecule has 2 rings (SSSR count). The van der Waals surface area contributed by atoms with Crippen molar-refractivity contribution in [1.82, 2.24) is 15.3 Å². The molecule has 0 aromatic carbocycles. The van der Waals surface area contributed by atoms with E-state index in [0.717, 1.165) is 44.0 Å². The minimum absolute atomic E-state index is 0.0938. The van der Waals surface area contributed by atoms with Crippen LogP contribution in [0.4, 0.5) is 5.95 Å². The van der Waals surface area contributed by atoms with Gasteiger partial charge in [-0.05, 0) is 31.2 Å². The summed E-state index contributed by atoms with van der Waals surface area (Å²) in [6.07, 6.45) is 5.50. The number of hydrogen-bond acceptors (Lipinski definition) is 5. The Hall–Kier alpha value is -1.20. The van der Waals surface area contributed by atoms with Gasteiger partial charge in [-0.15, -0.1) is 0 Å². The number of hydrogen-bond donors (Lipinski definition) is 2. The number of anilines is 1. The SMILES string of the molecule is CC(C)CNCc1cnc(N(C)CC2CC(O)C2)nc1. The third-order valence-corrected chi connectivity index (χ3v) is 3.66. The number of aliphatic hydroxyl groups is 1. The molecule has 5 heteroatoms. The highest BCUT2D eigenvalue weighted by Gasteiger charge is 2.28. The molecule has 0 atom stereocenters. The number of nitrogens with one attached hydrogen (secondary N) is 1. The molecule has 1 saturated carbocycles. The van der Waals surface area contributed by atoms with E-state index in [-0.39, 0.29) is 6.10 Å². The fourth-order valence-corrected chi connectivity index (χ4v) is 2.46. The summed E-state index contributed by atoms with van der Waals surface area (Å²) in [6.45, 7) is 7.13. The van der Waals surface area contributed by atoms with Crippen LogP contribution in [0.1, 0.15) is 32.3 Å². The average molecular weight is 278 g/mol. The lowest BCUT2D eigenvalue weighted by Gasteiger charge is -2.34. The van der Waals surface area contributed by atoms with E-state index in [1.807, 2.05) is 19.4 Å². The summed E-state index contributed by atoms with van der Waals surface area (Å²) in [5, 5.41) is 12.7. The van der Waals surface area contributed by atoms with Crippen molar-refractivity contribution in [1.29, 1.82) is 0 Å². The maximum atomic E-state index is 9.30. The lowest BCUT2D eigenvalue weighted by Crippen LogP contribution is -2.37. The van der Waals surface area contributed by atoms with Gasteiger partial charge in [-0.3, -0.25) is 0 Å². The number of aliphatic hydroxyl groups excluding tert-OH is 1. The van der Waals surface area contributed by atoms with Crippen molar-refractivity contribution >= 4 is 5.95 Å². The fourth-order valence-electron chi connectivity index (χ4n) is 2.46. The van der Waals surface area contributed by atoms with E-state index in [0.29, 0.717) is 11.8 Å². The zero-order valence-electron chi connectivity index (χ0n) is 12.7. The van der Waals surface area contributed by atoms with Crippen LogP contribution in [0.3, 0.4) is 0 Å². The molecule has 1 fully saturated rings. The monoisotopic (exact) mass is 278 g/mol. The predicted octanol–water partition coefficient (Wildman–Crippen LogP) is 1.43. The molecule has 0 saturated heterocycles. The zero-order chi connectivity index (χ0) is 14.5. The Kier molecular flexibility index (Phi) is 5.31. The maximum Gasteiger partial charge on any atom is 0.225 e. The number of rotatable bonds is 7. The highest BCUT2D eigenvalue weighted by atomic mass is 16.3. The van der Waals surface area contributed by atoms with Crippen LogP contribution in [0.25, 0.3) is 0 Å². The van der Waals surface area contributed by atoms with E-state index >= 15 is 0 Å². The molecule has 1 aliphatic rings. The first-order valence-electron chi connectivity index (χ1n) is 7.45. The van der Waals surface area contributed by atoms with Gasteiger partial charge in [0.05, 0.1) is 6.10 Å². The summed E-state index contributed by atoms with van der Waals surface area (Å²) in [6, 6.07) is 0. The normalized spacial score (nSPS) is 21.9. The molecule has 1 aliphatic carbocycles. The third kappa shape index (κ3) is 4.42. The van der Waals surface area contributed by atoms with Crippen LogP contribution in [0, 0.1) is 11.8 Å². The van der Waals surface area contributed by atoms with E-state index in [4.69, 9.17) is 0 Å². The molecular weight excluding hydrogens is 252 g/mol. The molecule has 0 unspecified atom stereocenters. The first-order valence-corrected chi connectivity index (χ1v) is 7.45. The van der Waals surface area contributed by atoms with Gasteiger partial charge in [0.25, 0.3) is 0 Å². The molecule has 0 amide bonds. The Balaban J connectivity index is 1.78. The molecule has 112 valence electrons. The highest BCUT2D eigenvalue weighted by molar-refractivity contribution is 5.28. The second kappa shape index (κ2) is 6.99. The summed E-state index contributed by atoms with van der Waals surface area (Å²) in [5.74, 6) is 1.99. The Morgan fingerprint density at radius 3 is 2.55 bits per heavy atom. The molecule has 0 spiro atoms. The fraction of sp³-hybridized carbons (Fsp3) is 0.733. The molecule has 0 radical (unpaired) electrons. The van der Waals surface area contributed by atoms with Gasteiger partial charge in [0, 0.05) is 38.1 Å². The van der Waals surface area contributed by atoms with Gasteiger partial charge in [0.2, 0.25) is 5.95 Å². The molecular formula is C15H26N4O. The van der Waals surface area contributed by atoms with Crippen molar-refractivity contribution in [2.24, 2.45) is 11.8 Å². The molecule has 0 aliphatic heterocycles. The van der Waals surface area contributed by atoms with E-state index in [2.05, 4.69) is 34.0 Å². The Labute approximate surface area is 121 Å². The quantitative estimate of drug-likeness (QED) is 0.790. The van der Waals surface area contributed by atoms with Crippen LogP contribution in [0.15, 0.2) is 12.4 Å². The average Bonchev–Trinajstić information content (AvgIpc) is 2.37. The van der Waals surface area contributed by atoms with E-state index < -0.39 is 0 Å². The zero-order valence-corrected chi connectivity index (χ0v) is 12.7. The van der Waals surface area contributed by atoms with Gasteiger partial charge in [-0.25, -0.2) is 9.97 Å². The van der Waals surface area contributed by atoms with E-state index in [1.54, 1.807) is 0 Å². The van der Waals surface area contributed by atoms with Crippen LogP contribution in [0.5, 0.6) is 0 Å². The molecule has 1 aromatic rings. The van der Waals surface area contributed by atoms with Gasteiger partial charge in [-0.2, -0.15) is 0 Å². The Morgan fingerprint density at radius 2 is 2.00 bits per heavy atom. The van der Waals surface area contributed by atoms with Gasteiger partial charge >= 0.3 is 0 Å². The molecule has 2 N–H and O–H groups in total. The second-order valence-corrected chi connectivity index (χ2v) is 6.29. The summed E-state index contributed by atoms with van der Waals surface area (Å²) in [5.41, 5.74) is 1.11. The number of nitrogens with zero attached hydrogens (tertiary/aromatic N) is 3. The van der Waals surface area contributed by atoms with E-state index in [1.165, 1.54) is 0 Å². The minimum atomic E-state index is -0.0938. The predicted molar refractivity (Wildman–Crippen MR) is 80.6 cm³/mol. The van der Waals surface area contributed by atoms with Crippen LogP contribution >= 0.6 is 0 Å². The van der Waals surface area contributed by atoms with Crippen LogP contribution in [0.2, 0.25) is 0 Å². The lowest BCUT2D eigenvalue weighted by atomic mass is 9.82. The van der Waals surface area contributed by atoms with Crippen molar-refractivity contribution in [3.8, 4) is 0 Å². The molecule has 5 nitrogen and oxygen atoms in total. The maximum absolute atomic E-state index is 9.30. The smallest absolute Gasteiger partial charge is 0.225 e. The van der Waals surface area contributed by atoms with Crippen molar-refractivity contribution < 1.29 is 5.11 Å². The highest BCUT2D eigenvalue weighted by Crippen LogP contribution is 2.28. The van der Waals surface area contributed by atoms with Crippen LogP contribution in [-0.2, 0) is 6.54 Å². The largest absolute Gasteiger partial charge is 0.393 e. The Bertz CT molecular complexity index is 401. The first-order chi connectivity index (χ1) is 9.54. The van der Waals surface area contributed by atoms with Crippen LogP contribution in [-0.4, -0.2) is 41.3 Å². The topological polar surface area (TPSA) is 61.3 Å². The van der Waals surface area contributed by atoms with Gasteiger partial charge in [-0.1, -0.05) is 13.8 Å².